The van der Waals surface area contributed by atoms with Crippen LogP contribution in [0.3, 0.4) is 0 Å². The van der Waals surface area contributed by atoms with Crippen LogP contribution in [0, 0.1) is 0 Å². The zero-order chi connectivity index (χ0) is 16.2. The molecule has 6 heteroatoms. The van der Waals surface area contributed by atoms with Crippen LogP contribution >= 0.6 is 0 Å². The predicted molar refractivity (Wildman–Crippen MR) is 82.8 cm³/mol. The third kappa shape index (κ3) is 3.57. The van der Waals surface area contributed by atoms with Gasteiger partial charge in [0.25, 0.3) is 17.4 Å². The molecule has 0 aromatic heterocycles. The monoisotopic (exact) mass is 306 g/mol. The molecule has 120 valence electrons. The molecule has 0 bridgehead atoms. The zero-order valence-corrected chi connectivity index (χ0v) is 13.1. The highest BCUT2D eigenvalue weighted by Gasteiger charge is 2.46. The van der Waals surface area contributed by atoms with Gasteiger partial charge in [0, 0.05) is 13.2 Å². The first-order valence-corrected chi connectivity index (χ1v) is 7.43. The van der Waals surface area contributed by atoms with Crippen LogP contribution in [0.25, 0.3) is 0 Å². The molecule has 2 amide bonds. The highest BCUT2D eigenvalue weighted by Crippen LogP contribution is 2.33. The second-order valence-electron chi connectivity index (χ2n) is 5.61. The number of hydrogen-bond acceptors (Lipinski definition) is 4. The van der Waals surface area contributed by atoms with Gasteiger partial charge in [0.2, 0.25) is 0 Å². The number of para-hydroxylation sites is 2. The first-order valence-electron chi connectivity index (χ1n) is 7.43. The summed E-state index contributed by atoms with van der Waals surface area (Å²) in [6.45, 7) is 6.37. The second-order valence-corrected chi connectivity index (χ2v) is 5.61. The van der Waals surface area contributed by atoms with E-state index < -0.39 is 17.4 Å². The first kappa shape index (κ1) is 16.3. The number of carbonyl (C=O) groups excluding carboxylic acids is 2. The largest absolute Gasteiger partial charge is 0.466 e. The minimum absolute atomic E-state index is 0.164. The van der Waals surface area contributed by atoms with E-state index in [1.165, 1.54) is 6.92 Å². The molecule has 6 nitrogen and oxygen atoms in total. The van der Waals surface area contributed by atoms with Crippen molar-refractivity contribution in [3.63, 3.8) is 0 Å². The van der Waals surface area contributed by atoms with Gasteiger partial charge < -0.3 is 20.1 Å². The van der Waals surface area contributed by atoms with Crippen molar-refractivity contribution in [3.8, 4) is 5.75 Å². The number of nitrogens with one attached hydrogen (secondary N) is 2. The summed E-state index contributed by atoms with van der Waals surface area (Å²) in [5.41, 5.74) is -0.990. The molecule has 1 unspecified atom stereocenters. The lowest BCUT2D eigenvalue weighted by Crippen LogP contribution is -2.58. The quantitative estimate of drug-likeness (QED) is 0.619. The molecule has 0 fully saturated rings. The molecule has 0 spiro atoms. The molecule has 1 aromatic rings. The van der Waals surface area contributed by atoms with Crippen LogP contribution in [0.4, 0.5) is 5.69 Å². The number of ether oxygens (including phenoxy) is 2. The summed E-state index contributed by atoms with van der Waals surface area (Å²) >= 11 is 0. The molecule has 1 heterocycles. The topological polar surface area (TPSA) is 76.7 Å². The van der Waals surface area contributed by atoms with E-state index in [1.807, 2.05) is 13.8 Å². The van der Waals surface area contributed by atoms with E-state index in [2.05, 4.69) is 10.6 Å². The summed E-state index contributed by atoms with van der Waals surface area (Å²) in [6, 6.07) is 7.03. The molecule has 1 aliphatic rings. The molecule has 2 rings (SSSR count). The molecule has 2 N–H and O–H groups in total. The summed E-state index contributed by atoms with van der Waals surface area (Å²) in [5.74, 6) is -0.436. The number of carbonyl (C=O) groups is 2. The van der Waals surface area contributed by atoms with Crippen LogP contribution in [0.15, 0.2) is 24.3 Å². The molecule has 1 aliphatic heterocycles. The summed E-state index contributed by atoms with van der Waals surface area (Å²) < 4.78 is 11.0. The van der Waals surface area contributed by atoms with E-state index in [4.69, 9.17) is 9.47 Å². The van der Waals surface area contributed by atoms with Crippen molar-refractivity contribution < 1.29 is 19.1 Å². The summed E-state index contributed by atoms with van der Waals surface area (Å²) in [4.78, 5) is 24.5. The Morgan fingerprint density at radius 2 is 2.14 bits per heavy atom. The summed E-state index contributed by atoms with van der Waals surface area (Å²) in [6.07, 6.45) is 0.843. The number of anilines is 1. The maximum absolute atomic E-state index is 12.3. The minimum atomic E-state index is -1.56. The Balaban J connectivity index is 1.93. The first-order chi connectivity index (χ1) is 10.4. The third-order valence-electron chi connectivity index (χ3n) is 3.37. The fourth-order valence-electron chi connectivity index (χ4n) is 2.08. The highest BCUT2D eigenvalue weighted by molar-refractivity contribution is 6.15. The molecule has 0 radical (unpaired) electrons. The number of hydrogen-bond donors (Lipinski definition) is 2. The van der Waals surface area contributed by atoms with Crippen molar-refractivity contribution in [2.24, 2.45) is 0 Å². The van der Waals surface area contributed by atoms with E-state index in [9.17, 15) is 9.59 Å². The Hall–Kier alpha value is -2.08. The molecule has 0 aliphatic carbocycles. The average molecular weight is 306 g/mol. The van der Waals surface area contributed by atoms with Crippen molar-refractivity contribution in [1.29, 1.82) is 0 Å². The fraction of sp³-hybridized carbons (Fsp3) is 0.500. The summed E-state index contributed by atoms with van der Waals surface area (Å²) in [7, 11) is 0. The van der Waals surface area contributed by atoms with Gasteiger partial charge in [-0.1, -0.05) is 12.1 Å². The van der Waals surface area contributed by atoms with Gasteiger partial charge in [-0.3, -0.25) is 9.59 Å². The van der Waals surface area contributed by atoms with E-state index in [0.717, 1.165) is 0 Å². The van der Waals surface area contributed by atoms with Gasteiger partial charge in [-0.05, 0) is 39.3 Å². The Morgan fingerprint density at radius 1 is 1.41 bits per heavy atom. The highest BCUT2D eigenvalue weighted by atomic mass is 16.5. The maximum Gasteiger partial charge on any atom is 0.278 e. The molecule has 1 aromatic carbocycles. The van der Waals surface area contributed by atoms with E-state index >= 15 is 0 Å². The normalized spacial score (nSPS) is 20.1. The average Bonchev–Trinajstić information content (AvgIpc) is 2.47. The minimum Gasteiger partial charge on any atom is -0.466 e. The van der Waals surface area contributed by atoms with Gasteiger partial charge in [0.1, 0.15) is 5.75 Å². The van der Waals surface area contributed by atoms with Gasteiger partial charge in [-0.2, -0.15) is 0 Å². The van der Waals surface area contributed by atoms with Gasteiger partial charge in [0.15, 0.2) is 0 Å². The smallest absolute Gasteiger partial charge is 0.278 e. The van der Waals surface area contributed by atoms with Gasteiger partial charge in [0.05, 0.1) is 11.8 Å². The lowest BCUT2D eigenvalue weighted by Gasteiger charge is -2.33. The summed E-state index contributed by atoms with van der Waals surface area (Å²) in [5, 5.41) is 5.42. The SMILES string of the molecule is CC(C)OCCCNC(=O)C1(C)Oc2ccccc2NC1=O. The zero-order valence-electron chi connectivity index (χ0n) is 13.1. The molecule has 0 saturated heterocycles. The van der Waals surface area contributed by atoms with Gasteiger partial charge >= 0.3 is 0 Å². The Morgan fingerprint density at radius 3 is 2.86 bits per heavy atom. The van der Waals surface area contributed by atoms with Crippen LogP contribution in [-0.2, 0) is 14.3 Å². The molecular formula is C16H22N2O4. The van der Waals surface area contributed by atoms with Crippen LogP contribution in [0.2, 0.25) is 0 Å². The number of fused-ring (bicyclic) bond motifs is 1. The van der Waals surface area contributed by atoms with Crippen molar-refractivity contribution in [2.45, 2.75) is 38.9 Å². The number of rotatable bonds is 6. The van der Waals surface area contributed by atoms with Crippen molar-refractivity contribution in [3.05, 3.63) is 24.3 Å². The molecule has 22 heavy (non-hydrogen) atoms. The molecule has 1 atom stereocenters. The second kappa shape index (κ2) is 6.79. The third-order valence-corrected chi connectivity index (χ3v) is 3.37. The van der Waals surface area contributed by atoms with Gasteiger partial charge in [-0.15, -0.1) is 0 Å². The lowest BCUT2D eigenvalue weighted by molar-refractivity contribution is -0.146. The van der Waals surface area contributed by atoms with E-state index in [1.54, 1.807) is 24.3 Å². The van der Waals surface area contributed by atoms with Crippen molar-refractivity contribution in [1.82, 2.24) is 5.32 Å². The Kier molecular flexibility index (Phi) is 5.03. The van der Waals surface area contributed by atoms with Crippen LogP contribution in [0.1, 0.15) is 27.2 Å². The van der Waals surface area contributed by atoms with Crippen LogP contribution in [-0.4, -0.2) is 36.7 Å². The molecule has 0 saturated carbocycles. The van der Waals surface area contributed by atoms with Crippen LogP contribution < -0.4 is 15.4 Å². The maximum atomic E-state index is 12.3. The molecular weight excluding hydrogens is 284 g/mol. The standard InChI is InChI=1S/C16H22N2O4/c1-11(2)21-10-6-9-17-14(19)16(3)15(20)18-12-7-4-5-8-13(12)22-16/h4-5,7-8,11H,6,9-10H2,1-3H3,(H,17,19)(H,18,20). The van der Waals surface area contributed by atoms with Gasteiger partial charge in [-0.25, -0.2) is 0 Å². The van der Waals surface area contributed by atoms with Crippen LogP contribution in [0.5, 0.6) is 5.75 Å². The fourth-order valence-corrected chi connectivity index (χ4v) is 2.08. The Bertz CT molecular complexity index is 559. The Labute approximate surface area is 130 Å². The number of benzene rings is 1. The van der Waals surface area contributed by atoms with E-state index in [-0.39, 0.29) is 6.10 Å². The van der Waals surface area contributed by atoms with E-state index in [0.29, 0.717) is 31.0 Å². The predicted octanol–water partition coefficient (Wildman–Crippen LogP) is 1.71. The van der Waals surface area contributed by atoms with Crippen molar-refractivity contribution >= 4 is 17.5 Å². The number of amides is 2. The van der Waals surface area contributed by atoms with Crippen molar-refractivity contribution in [2.75, 3.05) is 18.5 Å². The lowest BCUT2D eigenvalue weighted by atomic mass is 10.0.